The van der Waals surface area contributed by atoms with E-state index in [4.69, 9.17) is 4.74 Å². The van der Waals surface area contributed by atoms with Crippen LogP contribution in [-0.4, -0.2) is 87.9 Å². The van der Waals surface area contributed by atoms with E-state index in [9.17, 15) is 4.79 Å². The third-order valence-corrected chi connectivity index (χ3v) is 4.52. The summed E-state index contributed by atoms with van der Waals surface area (Å²) in [7, 11) is 0. The lowest BCUT2D eigenvalue weighted by molar-refractivity contribution is 0.0428. The fourth-order valence-corrected chi connectivity index (χ4v) is 3.22. The number of nitrogens with zero attached hydrogens (tertiary/aromatic N) is 7. The number of ether oxygens (including phenoxy) is 1. The van der Waals surface area contributed by atoms with Crippen molar-refractivity contribution >= 4 is 17.6 Å². The molecule has 2 fully saturated rings. The summed E-state index contributed by atoms with van der Waals surface area (Å²) < 4.78 is 7.07. The highest BCUT2D eigenvalue weighted by Gasteiger charge is 2.27. The van der Waals surface area contributed by atoms with Crippen molar-refractivity contribution in [1.29, 1.82) is 0 Å². The topological polar surface area (TPSA) is 79.1 Å². The third-order valence-electron chi connectivity index (χ3n) is 4.52. The summed E-state index contributed by atoms with van der Waals surface area (Å²) in [6.45, 7) is 7.53. The maximum absolute atomic E-state index is 12.6. The molecular weight excluding hydrogens is 310 g/mol. The van der Waals surface area contributed by atoms with Crippen molar-refractivity contribution in [2.45, 2.75) is 6.92 Å². The van der Waals surface area contributed by atoms with Crippen molar-refractivity contribution in [3.63, 3.8) is 0 Å². The Morgan fingerprint density at radius 2 is 1.79 bits per heavy atom. The second-order valence-electron chi connectivity index (χ2n) is 6.08. The Morgan fingerprint density at radius 3 is 2.54 bits per heavy atom. The van der Waals surface area contributed by atoms with Gasteiger partial charge in [-0.05, 0) is 6.92 Å². The molecule has 2 aromatic rings. The van der Waals surface area contributed by atoms with E-state index in [0.717, 1.165) is 24.6 Å². The molecule has 128 valence electrons. The molecule has 2 amide bonds. The minimum Gasteiger partial charge on any atom is -0.378 e. The zero-order valence-corrected chi connectivity index (χ0v) is 13.8. The quantitative estimate of drug-likeness (QED) is 0.732. The summed E-state index contributed by atoms with van der Waals surface area (Å²) in [5.41, 5.74) is 0.914. The molecule has 0 bridgehead atoms. The zero-order chi connectivity index (χ0) is 16.5. The molecule has 0 radical (unpaired) electrons. The molecule has 2 aromatic heterocycles. The average Bonchev–Trinajstić information content (AvgIpc) is 3.09. The van der Waals surface area contributed by atoms with Crippen LogP contribution in [-0.2, 0) is 4.74 Å². The minimum atomic E-state index is 0.120. The maximum Gasteiger partial charge on any atom is 0.320 e. The molecule has 9 nitrogen and oxygen atoms in total. The molecule has 4 heterocycles. The van der Waals surface area contributed by atoms with E-state index in [1.165, 1.54) is 6.33 Å². The molecule has 0 unspecified atom stereocenters. The molecule has 2 saturated heterocycles. The molecule has 4 rings (SSSR count). The zero-order valence-electron chi connectivity index (χ0n) is 13.8. The number of aryl methyl sites for hydroxylation is 1. The highest BCUT2D eigenvalue weighted by molar-refractivity contribution is 5.75. The standard InChI is InChI=1S/C15H21N7O2/c1-12-10-13(22-14(18-12)16-11-17-22)19-2-4-20(5-3-19)15(23)21-6-8-24-9-7-21/h10-11H,2-9H2,1H3. The second kappa shape index (κ2) is 6.23. The number of carbonyl (C=O) groups is 1. The van der Waals surface area contributed by atoms with Crippen LogP contribution in [0, 0.1) is 6.92 Å². The van der Waals surface area contributed by atoms with E-state index in [-0.39, 0.29) is 6.03 Å². The smallest absolute Gasteiger partial charge is 0.320 e. The summed E-state index contributed by atoms with van der Waals surface area (Å²) in [5.74, 6) is 1.59. The van der Waals surface area contributed by atoms with E-state index < -0.39 is 0 Å². The molecule has 0 spiro atoms. The molecule has 0 aliphatic carbocycles. The summed E-state index contributed by atoms with van der Waals surface area (Å²) in [5, 5.41) is 4.26. The van der Waals surface area contributed by atoms with Gasteiger partial charge >= 0.3 is 6.03 Å². The summed E-state index contributed by atoms with van der Waals surface area (Å²) in [6.07, 6.45) is 1.52. The van der Waals surface area contributed by atoms with Crippen LogP contribution < -0.4 is 4.90 Å². The van der Waals surface area contributed by atoms with Gasteiger partial charge in [0.15, 0.2) is 0 Å². The van der Waals surface area contributed by atoms with Gasteiger partial charge in [-0.25, -0.2) is 9.78 Å². The first-order valence-corrected chi connectivity index (χ1v) is 8.26. The Hall–Kier alpha value is -2.42. The maximum atomic E-state index is 12.6. The summed E-state index contributed by atoms with van der Waals surface area (Å²) >= 11 is 0. The molecule has 0 aromatic carbocycles. The summed E-state index contributed by atoms with van der Waals surface area (Å²) in [6, 6.07) is 2.14. The number of rotatable bonds is 1. The third kappa shape index (κ3) is 2.75. The normalized spacial score (nSPS) is 19.1. The number of anilines is 1. The van der Waals surface area contributed by atoms with Crippen LogP contribution in [0.3, 0.4) is 0 Å². The number of piperazine rings is 1. The van der Waals surface area contributed by atoms with Crippen LogP contribution in [0.25, 0.3) is 5.78 Å². The molecule has 2 aliphatic rings. The predicted molar refractivity (Wildman–Crippen MR) is 87.1 cm³/mol. The Kier molecular flexibility index (Phi) is 3.93. The van der Waals surface area contributed by atoms with Crippen LogP contribution >= 0.6 is 0 Å². The molecule has 0 N–H and O–H groups in total. The number of aromatic nitrogens is 4. The Bertz CT molecular complexity index is 732. The van der Waals surface area contributed by atoms with E-state index in [1.54, 1.807) is 4.52 Å². The van der Waals surface area contributed by atoms with Crippen LogP contribution in [0.1, 0.15) is 5.69 Å². The van der Waals surface area contributed by atoms with Crippen molar-refractivity contribution in [2.24, 2.45) is 0 Å². The predicted octanol–water partition coefficient (Wildman–Crippen LogP) is 0.00692. The number of urea groups is 1. The van der Waals surface area contributed by atoms with E-state index in [0.29, 0.717) is 45.2 Å². The number of hydrogen-bond donors (Lipinski definition) is 0. The van der Waals surface area contributed by atoms with Gasteiger partial charge in [-0.2, -0.15) is 14.6 Å². The second-order valence-corrected chi connectivity index (χ2v) is 6.08. The van der Waals surface area contributed by atoms with Crippen molar-refractivity contribution in [3.8, 4) is 0 Å². The van der Waals surface area contributed by atoms with Crippen molar-refractivity contribution in [1.82, 2.24) is 29.4 Å². The lowest BCUT2D eigenvalue weighted by Crippen LogP contribution is -2.55. The number of morpholine rings is 1. The van der Waals surface area contributed by atoms with Gasteiger partial charge < -0.3 is 19.4 Å². The Labute approximate surface area is 139 Å². The van der Waals surface area contributed by atoms with Crippen molar-refractivity contribution in [2.75, 3.05) is 57.4 Å². The summed E-state index contributed by atoms with van der Waals surface area (Å²) in [4.78, 5) is 27.1. The molecule has 0 saturated carbocycles. The molecule has 24 heavy (non-hydrogen) atoms. The molecular formula is C15H21N7O2. The SMILES string of the molecule is Cc1cc(N2CCN(C(=O)N3CCOCC3)CC2)n2ncnc2n1. The van der Waals surface area contributed by atoms with Crippen LogP contribution in [0.2, 0.25) is 0 Å². The van der Waals surface area contributed by atoms with Gasteiger partial charge in [0.25, 0.3) is 5.78 Å². The van der Waals surface area contributed by atoms with Gasteiger partial charge in [0.2, 0.25) is 0 Å². The molecule has 2 aliphatic heterocycles. The van der Waals surface area contributed by atoms with Gasteiger partial charge in [0.1, 0.15) is 12.1 Å². The largest absolute Gasteiger partial charge is 0.378 e. The highest BCUT2D eigenvalue weighted by Crippen LogP contribution is 2.18. The average molecular weight is 331 g/mol. The first-order chi connectivity index (χ1) is 11.7. The molecule has 0 atom stereocenters. The number of hydrogen-bond acceptors (Lipinski definition) is 6. The van der Waals surface area contributed by atoms with Gasteiger partial charge in [0.05, 0.1) is 13.2 Å². The van der Waals surface area contributed by atoms with E-state index >= 15 is 0 Å². The fraction of sp³-hybridized carbons (Fsp3) is 0.600. The van der Waals surface area contributed by atoms with Crippen LogP contribution in [0.5, 0.6) is 0 Å². The van der Waals surface area contributed by atoms with Crippen LogP contribution in [0.15, 0.2) is 12.4 Å². The van der Waals surface area contributed by atoms with E-state index in [1.807, 2.05) is 22.8 Å². The monoisotopic (exact) mass is 331 g/mol. The van der Waals surface area contributed by atoms with Gasteiger partial charge in [-0.3, -0.25) is 0 Å². The first-order valence-electron chi connectivity index (χ1n) is 8.26. The van der Waals surface area contributed by atoms with Gasteiger partial charge in [0, 0.05) is 51.0 Å². The minimum absolute atomic E-state index is 0.120. The van der Waals surface area contributed by atoms with Crippen LogP contribution in [0.4, 0.5) is 10.6 Å². The first kappa shape index (κ1) is 15.1. The molecule has 9 heteroatoms. The fourth-order valence-electron chi connectivity index (χ4n) is 3.22. The lowest BCUT2D eigenvalue weighted by Gasteiger charge is -2.39. The van der Waals surface area contributed by atoms with E-state index in [2.05, 4.69) is 20.0 Å². The number of carbonyl (C=O) groups excluding carboxylic acids is 1. The van der Waals surface area contributed by atoms with Gasteiger partial charge in [-0.1, -0.05) is 0 Å². The Morgan fingerprint density at radius 1 is 1.08 bits per heavy atom. The number of fused-ring (bicyclic) bond motifs is 1. The van der Waals surface area contributed by atoms with Crippen molar-refractivity contribution in [3.05, 3.63) is 18.1 Å². The lowest BCUT2D eigenvalue weighted by atomic mass is 10.3. The Balaban J connectivity index is 1.45. The number of amides is 2. The highest BCUT2D eigenvalue weighted by atomic mass is 16.5. The van der Waals surface area contributed by atoms with Crippen molar-refractivity contribution < 1.29 is 9.53 Å². The van der Waals surface area contributed by atoms with Gasteiger partial charge in [-0.15, -0.1) is 0 Å².